The highest BCUT2D eigenvalue weighted by Crippen LogP contribution is 2.18. The number of carbonyl (C=O) groups excluding carboxylic acids is 1. The van der Waals surface area contributed by atoms with Gasteiger partial charge in [0.05, 0.1) is 6.04 Å². The Hall–Kier alpha value is -1.52. The van der Waals surface area contributed by atoms with E-state index in [0.29, 0.717) is 18.5 Å². The Balaban J connectivity index is 2.82. The van der Waals surface area contributed by atoms with Gasteiger partial charge in [-0.3, -0.25) is 9.69 Å². The molecule has 0 aromatic rings. The number of ketones is 1. The van der Waals surface area contributed by atoms with Crippen molar-refractivity contribution in [2.75, 3.05) is 20.6 Å². The van der Waals surface area contributed by atoms with E-state index in [9.17, 15) is 9.59 Å². The molecule has 0 bridgehead atoms. The lowest BCUT2D eigenvalue weighted by Gasteiger charge is -2.31. The van der Waals surface area contributed by atoms with Gasteiger partial charge in [0.1, 0.15) is 0 Å². The molecule has 1 aliphatic rings. The Labute approximate surface area is 89.0 Å². The van der Waals surface area contributed by atoms with E-state index in [2.05, 4.69) is 0 Å². The largest absolute Gasteiger partial charge is 0.465 e. The maximum atomic E-state index is 11.8. The summed E-state index contributed by atoms with van der Waals surface area (Å²) in [5.41, 5.74) is 0.699. The monoisotopic (exact) mass is 212 g/mol. The molecule has 15 heavy (non-hydrogen) atoms. The molecular weight excluding hydrogens is 196 g/mol. The Kier molecular flexibility index (Phi) is 3.34. The number of hydrogen-bond donors (Lipinski definition) is 1. The second kappa shape index (κ2) is 4.33. The molecule has 5 heteroatoms. The van der Waals surface area contributed by atoms with Crippen LogP contribution in [0.15, 0.2) is 11.8 Å². The van der Waals surface area contributed by atoms with Crippen LogP contribution in [0.1, 0.15) is 13.3 Å². The zero-order valence-electron chi connectivity index (χ0n) is 9.23. The van der Waals surface area contributed by atoms with E-state index in [1.54, 1.807) is 18.0 Å². The Bertz CT molecular complexity index is 310. The van der Waals surface area contributed by atoms with Crippen molar-refractivity contribution in [1.29, 1.82) is 0 Å². The third kappa shape index (κ3) is 2.49. The number of rotatable bonds is 1. The minimum Gasteiger partial charge on any atom is -0.465 e. The first-order chi connectivity index (χ1) is 6.93. The molecule has 1 saturated heterocycles. The van der Waals surface area contributed by atoms with Crippen molar-refractivity contribution in [2.45, 2.75) is 19.4 Å². The predicted molar refractivity (Wildman–Crippen MR) is 55.6 cm³/mol. The number of amides is 1. The highest BCUT2D eigenvalue weighted by Gasteiger charge is 2.32. The van der Waals surface area contributed by atoms with Crippen LogP contribution in [0.25, 0.3) is 0 Å². The summed E-state index contributed by atoms with van der Waals surface area (Å²) >= 11 is 0. The molecule has 84 valence electrons. The maximum absolute atomic E-state index is 11.8. The van der Waals surface area contributed by atoms with Crippen molar-refractivity contribution in [3.8, 4) is 0 Å². The van der Waals surface area contributed by atoms with Gasteiger partial charge in [0.2, 0.25) is 0 Å². The fourth-order valence-electron chi connectivity index (χ4n) is 1.67. The van der Waals surface area contributed by atoms with Gasteiger partial charge in [0, 0.05) is 32.4 Å². The molecule has 1 atom stereocenters. The van der Waals surface area contributed by atoms with Crippen LogP contribution in [-0.2, 0) is 4.79 Å². The van der Waals surface area contributed by atoms with E-state index < -0.39 is 12.1 Å². The number of carboxylic acid groups (broad SMARTS) is 1. The van der Waals surface area contributed by atoms with Crippen LogP contribution in [0.5, 0.6) is 0 Å². The third-order valence-electron chi connectivity index (χ3n) is 2.45. The van der Waals surface area contributed by atoms with Crippen molar-refractivity contribution < 1.29 is 14.7 Å². The SMILES string of the molecule is CC1C(=O)/C(=C\N(C)C)CCN1C(=O)O. The van der Waals surface area contributed by atoms with Gasteiger partial charge in [-0.15, -0.1) is 0 Å². The van der Waals surface area contributed by atoms with Gasteiger partial charge in [-0.25, -0.2) is 4.79 Å². The lowest BCUT2D eigenvalue weighted by atomic mass is 9.97. The second-order valence-corrected chi connectivity index (χ2v) is 3.88. The van der Waals surface area contributed by atoms with Gasteiger partial charge < -0.3 is 10.0 Å². The summed E-state index contributed by atoms with van der Waals surface area (Å²) in [6, 6.07) is -0.567. The van der Waals surface area contributed by atoms with E-state index in [4.69, 9.17) is 5.11 Å². The first-order valence-corrected chi connectivity index (χ1v) is 4.84. The summed E-state index contributed by atoms with van der Waals surface area (Å²) in [5.74, 6) is -0.0997. The van der Waals surface area contributed by atoms with Crippen LogP contribution in [0.2, 0.25) is 0 Å². The minimum atomic E-state index is -1.03. The minimum absolute atomic E-state index is 0.0997. The van der Waals surface area contributed by atoms with Crippen molar-refractivity contribution in [2.24, 2.45) is 0 Å². The van der Waals surface area contributed by atoms with Gasteiger partial charge >= 0.3 is 6.09 Å². The molecule has 0 spiro atoms. The molecule has 1 heterocycles. The normalized spacial score (nSPS) is 24.5. The van der Waals surface area contributed by atoms with Crippen molar-refractivity contribution in [3.63, 3.8) is 0 Å². The molecule has 5 nitrogen and oxygen atoms in total. The molecule has 1 unspecified atom stereocenters. The molecule has 1 fully saturated rings. The zero-order valence-corrected chi connectivity index (χ0v) is 9.23. The molecule has 0 saturated carbocycles. The maximum Gasteiger partial charge on any atom is 0.407 e. The first-order valence-electron chi connectivity index (χ1n) is 4.84. The number of likely N-dealkylation sites (tertiary alicyclic amines) is 1. The van der Waals surface area contributed by atoms with Gasteiger partial charge in [-0.05, 0) is 13.3 Å². The van der Waals surface area contributed by atoms with Crippen LogP contribution in [0.3, 0.4) is 0 Å². The quantitative estimate of drug-likeness (QED) is 0.652. The van der Waals surface area contributed by atoms with Crippen LogP contribution in [0.4, 0.5) is 4.79 Å². The Morgan fingerprint density at radius 2 is 2.20 bits per heavy atom. The summed E-state index contributed by atoms with van der Waals surface area (Å²) in [6.45, 7) is 2.01. The topological polar surface area (TPSA) is 60.9 Å². The fourth-order valence-corrected chi connectivity index (χ4v) is 1.67. The van der Waals surface area contributed by atoms with Crippen molar-refractivity contribution >= 4 is 11.9 Å². The third-order valence-corrected chi connectivity index (χ3v) is 2.45. The molecule has 1 aliphatic heterocycles. The highest BCUT2D eigenvalue weighted by molar-refractivity contribution is 6.01. The van der Waals surface area contributed by atoms with E-state index in [-0.39, 0.29) is 5.78 Å². The fraction of sp³-hybridized carbons (Fsp3) is 0.600. The summed E-state index contributed by atoms with van der Waals surface area (Å²) in [6.07, 6.45) is 1.23. The van der Waals surface area contributed by atoms with E-state index in [1.165, 1.54) is 4.90 Å². The van der Waals surface area contributed by atoms with E-state index >= 15 is 0 Å². The molecule has 0 aromatic heterocycles. The van der Waals surface area contributed by atoms with Crippen molar-refractivity contribution in [1.82, 2.24) is 9.80 Å². The standard InChI is InChI=1S/C10H16N2O3/c1-7-9(13)8(6-11(2)3)4-5-12(7)10(14)15/h6-7H,4-5H2,1-3H3,(H,14,15)/b8-6-. The molecule has 1 rings (SSSR count). The molecule has 1 N–H and O–H groups in total. The summed E-state index contributed by atoms with van der Waals surface area (Å²) < 4.78 is 0. The second-order valence-electron chi connectivity index (χ2n) is 3.88. The van der Waals surface area contributed by atoms with Gasteiger partial charge in [-0.1, -0.05) is 0 Å². The average Bonchev–Trinajstić information content (AvgIpc) is 2.12. The van der Waals surface area contributed by atoms with Crippen molar-refractivity contribution in [3.05, 3.63) is 11.8 Å². The van der Waals surface area contributed by atoms with Gasteiger partial charge in [0.25, 0.3) is 0 Å². The number of piperidine rings is 1. The number of Topliss-reactive ketones (excluding diaryl/α,β-unsaturated/α-hetero) is 1. The zero-order chi connectivity index (χ0) is 11.6. The number of nitrogens with zero attached hydrogens (tertiary/aromatic N) is 2. The van der Waals surface area contributed by atoms with Crippen LogP contribution in [-0.4, -0.2) is 53.5 Å². The van der Waals surface area contributed by atoms with Crippen LogP contribution >= 0.6 is 0 Å². The van der Waals surface area contributed by atoms with Crippen LogP contribution in [0, 0.1) is 0 Å². The molecule has 0 aromatic carbocycles. The lowest BCUT2D eigenvalue weighted by Crippen LogP contribution is -2.47. The highest BCUT2D eigenvalue weighted by atomic mass is 16.4. The summed E-state index contributed by atoms with van der Waals surface area (Å²) in [7, 11) is 3.68. The molecular formula is C10H16N2O3. The Morgan fingerprint density at radius 1 is 1.60 bits per heavy atom. The summed E-state index contributed by atoms with van der Waals surface area (Å²) in [5, 5.41) is 8.84. The molecule has 0 aliphatic carbocycles. The number of carbonyl (C=O) groups is 2. The molecule has 1 amide bonds. The van der Waals surface area contributed by atoms with E-state index in [0.717, 1.165) is 0 Å². The number of hydrogen-bond acceptors (Lipinski definition) is 3. The molecule has 0 radical (unpaired) electrons. The van der Waals surface area contributed by atoms with Gasteiger partial charge in [0.15, 0.2) is 5.78 Å². The predicted octanol–water partition coefficient (Wildman–Crippen LogP) is 0.773. The Morgan fingerprint density at radius 3 is 2.67 bits per heavy atom. The smallest absolute Gasteiger partial charge is 0.407 e. The van der Waals surface area contributed by atoms with Gasteiger partial charge in [-0.2, -0.15) is 0 Å². The lowest BCUT2D eigenvalue weighted by molar-refractivity contribution is -0.121. The average molecular weight is 212 g/mol. The summed E-state index contributed by atoms with van der Waals surface area (Å²) in [4.78, 5) is 25.5. The van der Waals surface area contributed by atoms with Crippen LogP contribution < -0.4 is 0 Å². The van der Waals surface area contributed by atoms with E-state index in [1.807, 2.05) is 14.1 Å². The first kappa shape index (κ1) is 11.6.